The first-order valence-corrected chi connectivity index (χ1v) is 16.9. The van der Waals surface area contributed by atoms with Crippen molar-refractivity contribution in [2.45, 2.75) is 57.5 Å². The number of likely N-dealkylation sites (N-methyl/N-ethyl adjacent to an activating group) is 1. The summed E-state index contributed by atoms with van der Waals surface area (Å²) in [6.45, 7) is 5.29. The molecule has 0 spiro atoms. The number of quaternary nitrogens is 1. The van der Waals surface area contributed by atoms with Crippen molar-refractivity contribution in [3.05, 3.63) is 90.0 Å². The number of carbonyl (C=O) groups excluding carboxylic acids is 3. The van der Waals surface area contributed by atoms with Crippen molar-refractivity contribution in [2.75, 3.05) is 58.7 Å². The Morgan fingerprint density at radius 2 is 1.28 bits per heavy atom. The molecule has 46 heavy (non-hydrogen) atoms. The van der Waals surface area contributed by atoms with E-state index in [1.54, 1.807) is 12.1 Å². The lowest BCUT2D eigenvalue weighted by Crippen LogP contribution is -2.47. The van der Waals surface area contributed by atoms with Crippen LogP contribution in [-0.2, 0) is 4.74 Å². The molecule has 5 rings (SSSR count). The molecule has 0 bridgehead atoms. The van der Waals surface area contributed by atoms with E-state index in [4.69, 9.17) is 4.74 Å². The van der Waals surface area contributed by atoms with Crippen molar-refractivity contribution < 1.29 is 23.6 Å². The van der Waals surface area contributed by atoms with E-state index in [9.17, 15) is 14.4 Å². The van der Waals surface area contributed by atoms with Crippen LogP contribution < -0.4 is 5.32 Å². The smallest absolute Gasteiger partial charge is 0.411 e. The summed E-state index contributed by atoms with van der Waals surface area (Å²) in [6.07, 6.45) is 8.57. The maximum absolute atomic E-state index is 12.7. The number of hydrogen-bond acceptors (Lipinski definition) is 5. The predicted molar refractivity (Wildman–Crippen MR) is 183 cm³/mol. The fraction of sp³-hybridized carbons (Fsp3) is 0.447. The van der Waals surface area contributed by atoms with Crippen molar-refractivity contribution in [1.29, 1.82) is 0 Å². The van der Waals surface area contributed by atoms with Crippen molar-refractivity contribution in [2.24, 2.45) is 0 Å². The minimum atomic E-state index is -0.383. The number of para-hydroxylation sites is 1. The van der Waals surface area contributed by atoms with Crippen LogP contribution in [-0.4, -0.2) is 91.7 Å². The van der Waals surface area contributed by atoms with Crippen LogP contribution in [0, 0.1) is 0 Å². The van der Waals surface area contributed by atoms with Crippen LogP contribution in [0.25, 0.3) is 11.1 Å². The van der Waals surface area contributed by atoms with Gasteiger partial charge in [-0.1, -0.05) is 79.9 Å². The van der Waals surface area contributed by atoms with Crippen LogP contribution in [0.4, 0.5) is 10.5 Å². The van der Waals surface area contributed by atoms with E-state index >= 15 is 0 Å². The zero-order valence-corrected chi connectivity index (χ0v) is 27.5. The Kier molecular flexibility index (Phi) is 11.6. The highest BCUT2D eigenvalue weighted by molar-refractivity contribution is 6.21. The predicted octanol–water partition coefficient (Wildman–Crippen LogP) is 7.08. The van der Waals surface area contributed by atoms with Gasteiger partial charge in [0.25, 0.3) is 11.8 Å². The van der Waals surface area contributed by atoms with Crippen LogP contribution in [0.3, 0.4) is 0 Å². The third kappa shape index (κ3) is 9.04. The van der Waals surface area contributed by atoms with Gasteiger partial charge in [-0.25, -0.2) is 4.79 Å². The van der Waals surface area contributed by atoms with Crippen LogP contribution in [0.15, 0.2) is 78.9 Å². The highest BCUT2D eigenvalue weighted by Gasteiger charge is 2.36. The van der Waals surface area contributed by atoms with Crippen LogP contribution in [0.1, 0.15) is 72.1 Å². The second-order valence-corrected chi connectivity index (χ2v) is 13.3. The lowest BCUT2D eigenvalue weighted by Gasteiger charge is -2.31. The number of likely N-dealkylation sites (tertiary alicyclic amines) is 1. The Labute approximate surface area is 273 Å². The lowest BCUT2D eigenvalue weighted by atomic mass is 10.0. The van der Waals surface area contributed by atoms with Gasteiger partial charge in [0.1, 0.15) is 6.10 Å². The standard InChI is InChI=1S/C38H48N4O4/c1-42(2,29-27-41-36(43)33-19-10-11-20-34(33)37(41)44)28-15-6-4-3-5-14-24-40-25-22-31(23-26-40)46-38(45)39-35-21-13-12-18-32(35)30-16-8-7-9-17-30/h7-13,16-21,31H,3-6,14-15,22-29H2,1-2H3/p+1. The first-order valence-electron chi connectivity index (χ1n) is 16.9. The van der Waals surface area contributed by atoms with Crippen molar-refractivity contribution in [1.82, 2.24) is 9.80 Å². The summed E-state index contributed by atoms with van der Waals surface area (Å²) < 4.78 is 6.59. The quantitative estimate of drug-likeness (QED) is 0.111. The maximum Gasteiger partial charge on any atom is 0.411 e. The Morgan fingerprint density at radius 1 is 0.717 bits per heavy atom. The number of rotatable bonds is 15. The number of anilines is 1. The average molecular weight is 626 g/mol. The number of hydrogen-bond donors (Lipinski definition) is 1. The van der Waals surface area contributed by atoms with Crippen LogP contribution >= 0.6 is 0 Å². The number of unbranched alkanes of at least 4 members (excludes halogenated alkanes) is 5. The molecule has 0 aliphatic carbocycles. The highest BCUT2D eigenvalue weighted by Crippen LogP contribution is 2.28. The van der Waals surface area contributed by atoms with E-state index in [1.807, 2.05) is 66.7 Å². The number of imide groups is 1. The Morgan fingerprint density at radius 3 is 1.96 bits per heavy atom. The van der Waals surface area contributed by atoms with Gasteiger partial charge in [0, 0.05) is 18.7 Å². The van der Waals surface area contributed by atoms with Gasteiger partial charge >= 0.3 is 6.09 Å². The number of benzene rings is 3. The van der Waals surface area contributed by atoms with Gasteiger partial charge < -0.3 is 14.1 Å². The fourth-order valence-electron chi connectivity index (χ4n) is 6.51. The third-order valence-electron chi connectivity index (χ3n) is 9.35. The number of ether oxygens (including phenoxy) is 1. The van der Waals surface area contributed by atoms with Crippen molar-refractivity contribution in [3.8, 4) is 11.1 Å². The highest BCUT2D eigenvalue weighted by atomic mass is 16.6. The van der Waals surface area contributed by atoms with Crippen LogP contribution in [0.5, 0.6) is 0 Å². The molecule has 0 unspecified atom stereocenters. The summed E-state index contributed by atoms with van der Waals surface area (Å²) >= 11 is 0. The molecular weight excluding hydrogens is 576 g/mol. The summed E-state index contributed by atoms with van der Waals surface area (Å²) in [5.41, 5.74) is 3.86. The molecule has 0 saturated carbocycles. The molecule has 2 aliphatic heterocycles. The maximum atomic E-state index is 12.7. The summed E-state index contributed by atoms with van der Waals surface area (Å²) in [5, 5.41) is 2.96. The summed E-state index contributed by atoms with van der Waals surface area (Å²) in [5.74, 6) is -0.329. The van der Waals surface area contributed by atoms with E-state index in [-0.39, 0.29) is 24.0 Å². The molecule has 2 heterocycles. The first kappa shape index (κ1) is 33.4. The SMILES string of the molecule is C[N+](C)(CCCCCCCCN1CCC(OC(=O)Nc2ccccc2-c2ccccc2)CC1)CCN1C(=O)c2ccccc2C1=O. The molecule has 1 saturated heterocycles. The van der Waals surface area contributed by atoms with Crippen molar-refractivity contribution >= 4 is 23.6 Å². The number of fused-ring (bicyclic) bond motifs is 1. The van der Waals surface area contributed by atoms with Gasteiger partial charge in [-0.05, 0) is 62.4 Å². The van der Waals surface area contributed by atoms with E-state index in [0.29, 0.717) is 17.7 Å². The third-order valence-corrected chi connectivity index (χ3v) is 9.35. The normalized spacial score (nSPS) is 15.7. The van der Waals surface area contributed by atoms with Gasteiger partial charge in [-0.2, -0.15) is 0 Å². The van der Waals surface area contributed by atoms with Gasteiger partial charge in [0.05, 0.1) is 50.5 Å². The van der Waals surface area contributed by atoms with E-state index in [2.05, 4.69) is 24.3 Å². The molecule has 8 nitrogen and oxygen atoms in total. The average Bonchev–Trinajstić information content (AvgIpc) is 3.31. The molecule has 1 N–H and O–H groups in total. The number of nitrogens with zero attached hydrogens (tertiary/aromatic N) is 3. The van der Waals surface area contributed by atoms with Gasteiger partial charge in [0.2, 0.25) is 0 Å². The number of piperidine rings is 1. The molecule has 1 fully saturated rings. The molecule has 0 atom stereocenters. The van der Waals surface area contributed by atoms with Gasteiger partial charge in [0.15, 0.2) is 0 Å². The summed E-state index contributed by atoms with van der Waals surface area (Å²) in [6, 6.07) is 25.0. The van der Waals surface area contributed by atoms with E-state index in [0.717, 1.165) is 73.3 Å². The van der Waals surface area contributed by atoms with Crippen molar-refractivity contribution in [3.63, 3.8) is 0 Å². The van der Waals surface area contributed by atoms with Crippen LogP contribution in [0.2, 0.25) is 0 Å². The molecule has 2 aliphatic rings. The first-order chi connectivity index (χ1) is 22.3. The number of nitrogens with one attached hydrogen (secondary N) is 1. The molecule has 3 aromatic rings. The minimum absolute atomic E-state index is 0.0459. The largest absolute Gasteiger partial charge is 0.446 e. The molecule has 3 amide bonds. The monoisotopic (exact) mass is 625 g/mol. The summed E-state index contributed by atoms with van der Waals surface area (Å²) in [7, 11) is 4.37. The van der Waals surface area contributed by atoms with E-state index in [1.165, 1.54) is 37.0 Å². The summed E-state index contributed by atoms with van der Waals surface area (Å²) in [4.78, 5) is 41.9. The molecule has 8 heteroatoms. The van der Waals surface area contributed by atoms with Gasteiger partial charge in [-0.3, -0.25) is 19.8 Å². The number of carbonyl (C=O) groups is 3. The fourth-order valence-corrected chi connectivity index (χ4v) is 6.51. The molecule has 0 radical (unpaired) electrons. The van der Waals surface area contributed by atoms with Gasteiger partial charge in [-0.15, -0.1) is 0 Å². The number of amides is 3. The Balaban J connectivity index is 0.895. The Bertz CT molecular complexity index is 1430. The molecular formula is C38H49N4O4+. The zero-order valence-electron chi connectivity index (χ0n) is 27.5. The van der Waals surface area contributed by atoms with E-state index < -0.39 is 0 Å². The molecule has 0 aromatic heterocycles. The second kappa shape index (κ2) is 16.0. The molecule has 3 aromatic carbocycles. The lowest BCUT2D eigenvalue weighted by molar-refractivity contribution is -0.889. The molecule has 244 valence electrons. The topological polar surface area (TPSA) is 79.0 Å². The Hall–Kier alpha value is -4.01. The minimum Gasteiger partial charge on any atom is -0.446 e. The second-order valence-electron chi connectivity index (χ2n) is 13.3. The zero-order chi connectivity index (χ0) is 32.4.